The molecule has 2 amide bonds. The molecule has 4 heteroatoms. The number of urea groups is 1. The maximum absolute atomic E-state index is 11.9. The monoisotopic (exact) mass is 261 g/mol. The van der Waals surface area contributed by atoms with Crippen molar-refractivity contribution in [1.82, 2.24) is 5.32 Å². The number of benzene rings is 1. The Hall–Kier alpha value is -1.71. The highest BCUT2D eigenvalue weighted by molar-refractivity contribution is 5.89. The Kier molecular flexibility index (Phi) is 4.66. The normalized spacial score (nSPS) is 23.4. The average Bonchev–Trinajstić information content (AvgIpc) is 2.54. The van der Waals surface area contributed by atoms with Crippen LogP contribution in [0, 0.1) is 5.92 Å². The predicted molar refractivity (Wildman–Crippen MR) is 79.0 cm³/mol. The van der Waals surface area contributed by atoms with Crippen LogP contribution in [-0.2, 0) is 0 Å². The fourth-order valence-electron chi connectivity index (χ4n) is 2.60. The molecular formula is C15H23N3O. The molecule has 1 aliphatic carbocycles. The maximum atomic E-state index is 11.9. The van der Waals surface area contributed by atoms with Crippen molar-refractivity contribution in [3.63, 3.8) is 0 Å². The van der Waals surface area contributed by atoms with Crippen LogP contribution in [0.4, 0.5) is 16.2 Å². The Bertz CT molecular complexity index is 433. The van der Waals surface area contributed by atoms with Gasteiger partial charge in [0.25, 0.3) is 0 Å². The summed E-state index contributed by atoms with van der Waals surface area (Å²) >= 11 is 0. The van der Waals surface area contributed by atoms with Crippen LogP contribution in [0.25, 0.3) is 0 Å². The van der Waals surface area contributed by atoms with Gasteiger partial charge >= 0.3 is 6.03 Å². The Balaban J connectivity index is 1.84. The minimum Gasteiger partial charge on any atom is -0.399 e. The first kappa shape index (κ1) is 13.7. The van der Waals surface area contributed by atoms with Crippen molar-refractivity contribution in [3.05, 3.63) is 24.3 Å². The number of hydrogen-bond acceptors (Lipinski definition) is 2. The van der Waals surface area contributed by atoms with E-state index in [-0.39, 0.29) is 6.03 Å². The summed E-state index contributed by atoms with van der Waals surface area (Å²) in [6.45, 7) is 2.29. The molecule has 0 saturated heterocycles. The Morgan fingerprint density at radius 1 is 1.26 bits per heavy atom. The molecule has 4 nitrogen and oxygen atoms in total. The Morgan fingerprint density at radius 2 is 2.11 bits per heavy atom. The molecule has 1 aliphatic rings. The van der Waals surface area contributed by atoms with Crippen LogP contribution in [0.5, 0.6) is 0 Å². The van der Waals surface area contributed by atoms with Gasteiger partial charge in [-0.25, -0.2) is 4.79 Å². The number of carbonyl (C=O) groups is 1. The number of nitrogens with one attached hydrogen (secondary N) is 2. The SMILES string of the molecule is CC1CCCC(NC(=O)Nc2cccc(N)c2)CC1. The number of carbonyl (C=O) groups excluding carboxylic acids is 1. The van der Waals surface area contributed by atoms with Crippen LogP contribution in [0.2, 0.25) is 0 Å². The molecule has 4 N–H and O–H groups in total. The number of rotatable bonds is 2. The van der Waals surface area contributed by atoms with Gasteiger partial charge in [-0.1, -0.05) is 25.8 Å². The fraction of sp³-hybridized carbons (Fsp3) is 0.533. The summed E-state index contributed by atoms with van der Waals surface area (Å²) < 4.78 is 0. The molecule has 2 atom stereocenters. The van der Waals surface area contributed by atoms with E-state index in [2.05, 4.69) is 17.6 Å². The first-order valence-corrected chi connectivity index (χ1v) is 7.06. The van der Waals surface area contributed by atoms with Crippen LogP contribution >= 0.6 is 0 Å². The highest BCUT2D eigenvalue weighted by atomic mass is 16.2. The lowest BCUT2D eigenvalue weighted by atomic mass is 10.0. The van der Waals surface area contributed by atoms with Crippen molar-refractivity contribution in [1.29, 1.82) is 0 Å². The van der Waals surface area contributed by atoms with Gasteiger partial charge in [-0.3, -0.25) is 0 Å². The van der Waals surface area contributed by atoms with Gasteiger partial charge in [0.2, 0.25) is 0 Å². The van der Waals surface area contributed by atoms with E-state index >= 15 is 0 Å². The van der Waals surface area contributed by atoms with E-state index < -0.39 is 0 Å². The Morgan fingerprint density at radius 3 is 2.89 bits per heavy atom. The third-order valence-electron chi connectivity index (χ3n) is 3.74. The second kappa shape index (κ2) is 6.45. The zero-order chi connectivity index (χ0) is 13.7. The highest BCUT2D eigenvalue weighted by Gasteiger charge is 2.17. The first-order chi connectivity index (χ1) is 9.13. The summed E-state index contributed by atoms with van der Waals surface area (Å²) in [4.78, 5) is 11.9. The molecule has 0 aliphatic heterocycles. The van der Waals surface area contributed by atoms with Crippen molar-refractivity contribution in [2.45, 2.75) is 45.1 Å². The molecule has 19 heavy (non-hydrogen) atoms. The lowest BCUT2D eigenvalue weighted by molar-refractivity contribution is 0.247. The average molecular weight is 261 g/mol. The molecule has 1 aromatic carbocycles. The number of nitrogen functional groups attached to an aromatic ring is 1. The molecular weight excluding hydrogens is 238 g/mol. The van der Waals surface area contributed by atoms with Crippen molar-refractivity contribution < 1.29 is 4.79 Å². The summed E-state index contributed by atoms with van der Waals surface area (Å²) in [7, 11) is 0. The van der Waals surface area contributed by atoms with Crippen molar-refractivity contribution in [2.75, 3.05) is 11.1 Å². The standard InChI is InChI=1S/C15H23N3O/c1-11-4-2-6-13(9-8-11)17-15(19)18-14-7-3-5-12(16)10-14/h3,5,7,10-11,13H,2,4,6,8-9,16H2,1H3,(H2,17,18,19). The fourth-order valence-corrected chi connectivity index (χ4v) is 2.60. The molecule has 1 aromatic rings. The van der Waals surface area contributed by atoms with Crippen LogP contribution in [0.15, 0.2) is 24.3 Å². The molecule has 1 fully saturated rings. The van der Waals surface area contributed by atoms with Gasteiger partial charge in [-0.15, -0.1) is 0 Å². The van der Waals surface area contributed by atoms with Crippen LogP contribution in [-0.4, -0.2) is 12.1 Å². The molecule has 0 spiro atoms. The molecule has 104 valence electrons. The second-order valence-electron chi connectivity index (χ2n) is 5.53. The van der Waals surface area contributed by atoms with E-state index in [0.717, 1.165) is 24.4 Å². The van der Waals surface area contributed by atoms with Gasteiger partial charge < -0.3 is 16.4 Å². The minimum atomic E-state index is -0.134. The molecule has 0 heterocycles. The summed E-state index contributed by atoms with van der Waals surface area (Å²) in [6, 6.07) is 7.39. The van der Waals surface area contributed by atoms with E-state index in [1.807, 2.05) is 12.1 Å². The van der Waals surface area contributed by atoms with Gasteiger partial charge in [-0.2, -0.15) is 0 Å². The molecule has 0 radical (unpaired) electrons. The summed E-state index contributed by atoms with van der Waals surface area (Å²) in [5, 5.41) is 5.89. The smallest absolute Gasteiger partial charge is 0.319 e. The molecule has 2 unspecified atom stereocenters. The van der Waals surface area contributed by atoms with E-state index in [1.54, 1.807) is 12.1 Å². The number of hydrogen-bond donors (Lipinski definition) is 3. The maximum Gasteiger partial charge on any atom is 0.319 e. The second-order valence-corrected chi connectivity index (χ2v) is 5.53. The predicted octanol–water partition coefficient (Wildman–Crippen LogP) is 3.36. The van der Waals surface area contributed by atoms with E-state index in [9.17, 15) is 4.79 Å². The third-order valence-corrected chi connectivity index (χ3v) is 3.74. The van der Waals surface area contributed by atoms with Crippen LogP contribution < -0.4 is 16.4 Å². The molecule has 0 aromatic heterocycles. The topological polar surface area (TPSA) is 67.2 Å². The zero-order valence-electron chi connectivity index (χ0n) is 11.5. The highest BCUT2D eigenvalue weighted by Crippen LogP contribution is 2.22. The van der Waals surface area contributed by atoms with Gasteiger partial charge in [-0.05, 0) is 43.4 Å². The van der Waals surface area contributed by atoms with Gasteiger partial charge in [0, 0.05) is 17.4 Å². The first-order valence-electron chi connectivity index (χ1n) is 7.06. The lowest BCUT2D eigenvalue weighted by Gasteiger charge is -2.17. The quantitative estimate of drug-likeness (QED) is 0.564. The number of nitrogens with two attached hydrogens (primary N) is 1. The van der Waals surface area contributed by atoms with Crippen LogP contribution in [0.1, 0.15) is 39.0 Å². The number of anilines is 2. The number of amides is 2. The van der Waals surface area contributed by atoms with E-state index in [1.165, 1.54) is 19.3 Å². The largest absolute Gasteiger partial charge is 0.399 e. The molecule has 1 saturated carbocycles. The Labute approximate surface area is 114 Å². The van der Waals surface area contributed by atoms with Crippen molar-refractivity contribution in [2.24, 2.45) is 5.92 Å². The minimum absolute atomic E-state index is 0.134. The lowest BCUT2D eigenvalue weighted by Crippen LogP contribution is -2.37. The van der Waals surface area contributed by atoms with Gasteiger partial charge in [0.15, 0.2) is 0 Å². The van der Waals surface area contributed by atoms with E-state index in [4.69, 9.17) is 5.73 Å². The zero-order valence-corrected chi connectivity index (χ0v) is 11.5. The van der Waals surface area contributed by atoms with Crippen LogP contribution in [0.3, 0.4) is 0 Å². The van der Waals surface area contributed by atoms with Gasteiger partial charge in [0.05, 0.1) is 0 Å². The third kappa shape index (κ3) is 4.47. The molecule has 2 rings (SSSR count). The van der Waals surface area contributed by atoms with Crippen molar-refractivity contribution in [3.8, 4) is 0 Å². The summed E-state index contributed by atoms with van der Waals surface area (Å²) in [5.41, 5.74) is 7.07. The molecule has 0 bridgehead atoms. The summed E-state index contributed by atoms with van der Waals surface area (Å²) in [5.74, 6) is 0.781. The van der Waals surface area contributed by atoms with E-state index in [0.29, 0.717) is 11.7 Å². The van der Waals surface area contributed by atoms with Crippen molar-refractivity contribution >= 4 is 17.4 Å². The van der Waals surface area contributed by atoms with Gasteiger partial charge in [0.1, 0.15) is 0 Å². The summed E-state index contributed by atoms with van der Waals surface area (Å²) in [6.07, 6.45) is 5.82.